The van der Waals surface area contributed by atoms with Gasteiger partial charge in [-0.3, -0.25) is 4.79 Å². The van der Waals surface area contributed by atoms with Crippen molar-refractivity contribution in [3.8, 4) is 0 Å². The summed E-state index contributed by atoms with van der Waals surface area (Å²) in [4.78, 5) is 9.99. The quantitative estimate of drug-likeness (QED) is 0.434. The van der Waals surface area contributed by atoms with Crippen LogP contribution in [0.15, 0.2) is 12.2 Å². The Morgan fingerprint density at radius 1 is 1.30 bits per heavy atom. The summed E-state index contributed by atoms with van der Waals surface area (Å²) in [6.45, 7) is 8.54. The van der Waals surface area contributed by atoms with Crippen LogP contribution in [0.4, 0.5) is 0 Å². The van der Waals surface area contributed by atoms with Gasteiger partial charge in [-0.05, 0) is 17.4 Å². The molecule has 1 nitrogen and oxygen atoms in total. The molecule has 0 N–H and O–H groups in total. The van der Waals surface area contributed by atoms with Gasteiger partial charge in [0.1, 0.15) is 6.29 Å². The zero-order chi connectivity index (χ0) is 8.20. The number of aldehydes is 1. The molecule has 0 aliphatic heterocycles. The molecule has 0 aliphatic carbocycles. The van der Waals surface area contributed by atoms with Gasteiger partial charge in [-0.2, -0.15) is 0 Å². The fourth-order valence-electron chi connectivity index (χ4n) is 0.480. The Hall–Kier alpha value is -0.590. The third kappa shape index (κ3) is 2.81. The Morgan fingerprint density at radius 3 is 2.10 bits per heavy atom. The molecule has 58 valence electrons. The van der Waals surface area contributed by atoms with Crippen molar-refractivity contribution in [2.45, 2.75) is 27.7 Å². The largest absolute Gasteiger partial charge is 0.299 e. The summed E-state index contributed by atoms with van der Waals surface area (Å²) in [5, 5.41) is 0. The normalized spacial score (nSPS) is 12.9. The average Bonchev–Trinajstić information content (AvgIpc) is 1.84. The SMILES string of the molecule is CC(C)C(C)(C)/C=C/C=O. The van der Waals surface area contributed by atoms with Crippen LogP contribution < -0.4 is 0 Å². The smallest absolute Gasteiger partial charge is 0.142 e. The third-order valence-corrected chi connectivity index (χ3v) is 2.09. The molecule has 0 aromatic heterocycles. The standard InChI is InChI=1S/C9H16O/c1-8(2)9(3,4)6-5-7-10/h5-8H,1-4H3/b6-5+. The van der Waals surface area contributed by atoms with Gasteiger partial charge in [-0.15, -0.1) is 0 Å². The fourth-order valence-corrected chi connectivity index (χ4v) is 0.480. The first-order chi connectivity index (χ1) is 4.50. The lowest BCUT2D eigenvalue weighted by Gasteiger charge is -2.24. The second-order valence-electron chi connectivity index (χ2n) is 3.47. The average molecular weight is 140 g/mol. The van der Waals surface area contributed by atoms with E-state index in [-0.39, 0.29) is 5.41 Å². The first kappa shape index (κ1) is 9.41. The van der Waals surface area contributed by atoms with Crippen molar-refractivity contribution < 1.29 is 4.79 Å². The van der Waals surface area contributed by atoms with E-state index >= 15 is 0 Å². The molecular formula is C9H16O. The van der Waals surface area contributed by atoms with Crippen LogP contribution in [0.2, 0.25) is 0 Å². The van der Waals surface area contributed by atoms with Crippen LogP contribution in [-0.2, 0) is 4.79 Å². The van der Waals surface area contributed by atoms with Gasteiger partial charge in [0.05, 0.1) is 0 Å². The lowest BCUT2D eigenvalue weighted by Crippen LogP contribution is -2.15. The van der Waals surface area contributed by atoms with Crippen LogP contribution in [0.5, 0.6) is 0 Å². The van der Waals surface area contributed by atoms with Crippen LogP contribution in [0, 0.1) is 11.3 Å². The topological polar surface area (TPSA) is 17.1 Å². The summed E-state index contributed by atoms with van der Waals surface area (Å²) in [6, 6.07) is 0. The van der Waals surface area contributed by atoms with Crippen molar-refractivity contribution in [3.05, 3.63) is 12.2 Å². The number of carbonyl (C=O) groups excluding carboxylic acids is 1. The number of rotatable bonds is 3. The first-order valence-electron chi connectivity index (χ1n) is 3.63. The summed E-state index contributed by atoms with van der Waals surface area (Å²) in [7, 11) is 0. The van der Waals surface area contributed by atoms with Gasteiger partial charge >= 0.3 is 0 Å². The summed E-state index contributed by atoms with van der Waals surface area (Å²) < 4.78 is 0. The minimum Gasteiger partial charge on any atom is -0.299 e. The van der Waals surface area contributed by atoms with Crippen molar-refractivity contribution in [2.24, 2.45) is 11.3 Å². The van der Waals surface area contributed by atoms with E-state index in [0.717, 1.165) is 6.29 Å². The monoisotopic (exact) mass is 140 g/mol. The second kappa shape index (κ2) is 3.55. The van der Waals surface area contributed by atoms with E-state index in [1.54, 1.807) is 6.08 Å². The lowest BCUT2D eigenvalue weighted by molar-refractivity contribution is -0.104. The van der Waals surface area contributed by atoms with E-state index in [4.69, 9.17) is 0 Å². The summed E-state index contributed by atoms with van der Waals surface area (Å²) in [5.74, 6) is 0.573. The minimum atomic E-state index is 0.140. The van der Waals surface area contributed by atoms with Crippen LogP contribution >= 0.6 is 0 Å². The highest BCUT2D eigenvalue weighted by Gasteiger charge is 2.17. The van der Waals surface area contributed by atoms with Crippen molar-refractivity contribution in [2.75, 3.05) is 0 Å². The Balaban J connectivity index is 4.11. The molecule has 0 saturated carbocycles. The number of carbonyl (C=O) groups is 1. The van der Waals surface area contributed by atoms with Gasteiger partial charge < -0.3 is 0 Å². The molecule has 0 radical (unpaired) electrons. The maximum absolute atomic E-state index is 9.99. The molecule has 0 bridgehead atoms. The predicted octanol–water partition coefficient (Wildman–Crippen LogP) is 2.42. The van der Waals surface area contributed by atoms with E-state index < -0.39 is 0 Å². The minimum absolute atomic E-state index is 0.140. The number of hydrogen-bond donors (Lipinski definition) is 0. The molecular weight excluding hydrogens is 124 g/mol. The molecule has 0 spiro atoms. The molecule has 0 saturated heterocycles. The van der Waals surface area contributed by atoms with Crippen molar-refractivity contribution in [1.29, 1.82) is 0 Å². The van der Waals surface area contributed by atoms with Crippen molar-refractivity contribution in [1.82, 2.24) is 0 Å². The second-order valence-corrected chi connectivity index (χ2v) is 3.47. The predicted molar refractivity (Wildman–Crippen MR) is 43.8 cm³/mol. The zero-order valence-corrected chi connectivity index (χ0v) is 7.22. The Labute approximate surface area is 63.1 Å². The molecule has 0 atom stereocenters. The Morgan fingerprint density at radius 2 is 1.80 bits per heavy atom. The van der Waals surface area contributed by atoms with Crippen LogP contribution in [-0.4, -0.2) is 6.29 Å². The summed E-state index contributed by atoms with van der Waals surface area (Å²) in [5.41, 5.74) is 0.140. The van der Waals surface area contributed by atoms with Crippen molar-refractivity contribution >= 4 is 6.29 Å². The Bertz CT molecular complexity index is 132. The van der Waals surface area contributed by atoms with E-state index in [1.165, 1.54) is 0 Å². The van der Waals surface area contributed by atoms with Crippen LogP contribution in [0.1, 0.15) is 27.7 Å². The highest BCUT2D eigenvalue weighted by atomic mass is 16.1. The third-order valence-electron chi connectivity index (χ3n) is 2.09. The summed E-state index contributed by atoms with van der Waals surface area (Å²) >= 11 is 0. The number of hydrogen-bond acceptors (Lipinski definition) is 1. The van der Waals surface area contributed by atoms with Crippen LogP contribution in [0.3, 0.4) is 0 Å². The summed E-state index contributed by atoms with van der Waals surface area (Å²) in [6.07, 6.45) is 4.34. The number of allylic oxidation sites excluding steroid dienone is 2. The molecule has 0 amide bonds. The highest BCUT2D eigenvalue weighted by molar-refractivity contribution is 5.64. The van der Waals surface area contributed by atoms with Gasteiger partial charge in [0.15, 0.2) is 0 Å². The molecule has 0 rings (SSSR count). The molecule has 10 heavy (non-hydrogen) atoms. The zero-order valence-electron chi connectivity index (χ0n) is 7.22. The van der Waals surface area contributed by atoms with Gasteiger partial charge in [0.25, 0.3) is 0 Å². The van der Waals surface area contributed by atoms with E-state index in [9.17, 15) is 4.79 Å². The molecule has 0 fully saturated rings. The van der Waals surface area contributed by atoms with Gasteiger partial charge in [-0.25, -0.2) is 0 Å². The van der Waals surface area contributed by atoms with Gasteiger partial charge in [-0.1, -0.05) is 33.8 Å². The van der Waals surface area contributed by atoms with Gasteiger partial charge in [0, 0.05) is 0 Å². The molecule has 0 unspecified atom stereocenters. The van der Waals surface area contributed by atoms with Gasteiger partial charge in [0.2, 0.25) is 0 Å². The fraction of sp³-hybridized carbons (Fsp3) is 0.667. The molecule has 0 heterocycles. The Kier molecular flexibility index (Phi) is 3.34. The molecule has 0 aromatic carbocycles. The first-order valence-corrected chi connectivity index (χ1v) is 3.63. The molecule has 1 heteroatoms. The maximum Gasteiger partial charge on any atom is 0.142 e. The lowest BCUT2D eigenvalue weighted by atomic mass is 9.81. The molecule has 0 aromatic rings. The van der Waals surface area contributed by atoms with E-state index in [1.807, 2.05) is 6.08 Å². The van der Waals surface area contributed by atoms with Crippen LogP contribution in [0.25, 0.3) is 0 Å². The maximum atomic E-state index is 9.99. The molecule has 0 aliphatic rings. The van der Waals surface area contributed by atoms with E-state index in [2.05, 4.69) is 27.7 Å². The van der Waals surface area contributed by atoms with E-state index in [0.29, 0.717) is 5.92 Å². The highest BCUT2D eigenvalue weighted by Crippen LogP contribution is 2.26. The van der Waals surface area contributed by atoms with Crippen molar-refractivity contribution in [3.63, 3.8) is 0 Å².